The fourth-order valence-electron chi connectivity index (χ4n) is 2.40. The van der Waals surface area contributed by atoms with Crippen LogP contribution in [0.2, 0.25) is 0 Å². The van der Waals surface area contributed by atoms with Gasteiger partial charge in [0.15, 0.2) is 0 Å². The molecule has 0 aliphatic rings. The highest BCUT2D eigenvalue weighted by Crippen LogP contribution is 2.19. The summed E-state index contributed by atoms with van der Waals surface area (Å²) >= 11 is 2.21. The zero-order chi connectivity index (χ0) is 19.2. The maximum atomic E-state index is 12.6. The molecule has 0 bridgehead atoms. The number of amides is 1. The molecule has 140 valence electrons. The van der Waals surface area contributed by atoms with E-state index in [9.17, 15) is 13.2 Å². The van der Waals surface area contributed by atoms with Gasteiger partial charge >= 0.3 is 0 Å². The van der Waals surface area contributed by atoms with Crippen LogP contribution in [0.25, 0.3) is 0 Å². The molecule has 0 saturated heterocycles. The van der Waals surface area contributed by atoms with Crippen LogP contribution in [0.1, 0.15) is 13.8 Å². The second-order valence-electron chi connectivity index (χ2n) is 5.53. The Kier molecular flexibility index (Phi) is 7.42. The number of hydrogen-bond acceptors (Lipinski definition) is 4. The highest BCUT2D eigenvalue weighted by Gasteiger charge is 2.21. The van der Waals surface area contributed by atoms with E-state index in [2.05, 4.69) is 33.2 Å². The molecule has 8 heteroatoms. The minimum Gasteiger partial charge on any atom is -0.376 e. The summed E-state index contributed by atoms with van der Waals surface area (Å²) in [6, 6.07) is 14.0. The zero-order valence-corrected chi connectivity index (χ0v) is 17.7. The molecule has 1 amide bonds. The lowest BCUT2D eigenvalue weighted by Gasteiger charge is -2.18. The largest absolute Gasteiger partial charge is 0.376 e. The van der Waals surface area contributed by atoms with E-state index in [1.54, 1.807) is 26.0 Å². The number of carbonyl (C=O) groups is 1. The van der Waals surface area contributed by atoms with Crippen molar-refractivity contribution in [2.75, 3.05) is 30.3 Å². The average Bonchev–Trinajstić information content (AvgIpc) is 2.62. The van der Waals surface area contributed by atoms with Gasteiger partial charge in [-0.25, -0.2) is 8.42 Å². The van der Waals surface area contributed by atoms with Crippen molar-refractivity contribution in [1.82, 2.24) is 4.31 Å². The van der Waals surface area contributed by atoms with Gasteiger partial charge < -0.3 is 10.6 Å². The lowest BCUT2D eigenvalue weighted by molar-refractivity contribution is -0.114. The first kappa shape index (κ1) is 20.7. The van der Waals surface area contributed by atoms with Gasteiger partial charge in [-0.15, -0.1) is 0 Å². The van der Waals surface area contributed by atoms with Crippen molar-refractivity contribution in [2.45, 2.75) is 18.7 Å². The smallest absolute Gasteiger partial charge is 0.243 e. The van der Waals surface area contributed by atoms with E-state index < -0.39 is 10.0 Å². The van der Waals surface area contributed by atoms with Crippen LogP contribution in [0.15, 0.2) is 53.4 Å². The van der Waals surface area contributed by atoms with Crippen LogP contribution >= 0.6 is 22.6 Å². The Balaban J connectivity index is 2.03. The number of carbonyl (C=O) groups excluding carboxylic acids is 1. The normalized spacial score (nSPS) is 11.4. The number of hydrogen-bond donors (Lipinski definition) is 2. The van der Waals surface area contributed by atoms with E-state index >= 15 is 0 Å². The van der Waals surface area contributed by atoms with Crippen molar-refractivity contribution in [1.29, 1.82) is 0 Å². The van der Waals surface area contributed by atoms with Crippen molar-refractivity contribution < 1.29 is 13.2 Å². The molecule has 2 rings (SSSR count). The summed E-state index contributed by atoms with van der Waals surface area (Å²) in [6.45, 7) is 4.48. The van der Waals surface area contributed by atoms with Gasteiger partial charge in [0, 0.05) is 28.0 Å². The van der Waals surface area contributed by atoms with Crippen LogP contribution in [0.3, 0.4) is 0 Å². The second kappa shape index (κ2) is 9.33. The quantitative estimate of drug-likeness (QED) is 0.560. The number of nitrogens with one attached hydrogen (secondary N) is 2. The summed E-state index contributed by atoms with van der Waals surface area (Å²) in [5, 5.41) is 5.76. The molecule has 0 aliphatic heterocycles. The molecule has 0 atom stereocenters. The number of benzene rings is 2. The zero-order valence-electron chi connectivity index (χ0n) is 14.7. The molecule has 0 heterocycles. The predicted molar refractivity (Wildman–Crippen MR) is 113 cm³/mol. The van der Waals surface area contributed by atoms with E-state index in [4.69, 9.17) is 0 Å². The molecule has 0 radical (unpaired) electrons. The van der Waals surface area contributed by atoms with E-state index in [0.29, 0.717) is 18.8 Å². The van der Waals surface area contributed by atoms with Crippen LogP contribution < -0.4 is 10.6 Å². The highest BCUT2D eigenvalue weighted by molar-refractivity contribution is 14.1. The van der Waals surface area contributed by atoms with Gasteiger partial charge in [-0.1, -0.05) is 19.9 Å². The number of anilines is 2. The Morgan fingerprint density at radius 1 is 1.04 bits per heavy atom. The Morgan fingerprint density at radius 2 is 1.69 bits per heavy atom. The Labute approximate surface area is 168 Å². The van der Waals surface area contributed by atoms with Crippen LogP contribution in [0.4, 0.5) is 11.4 Å². The summed E-state index contributed by atoms with van der Waals surface area (Å²) in [7, 11) is -3.55. The van der Waals surface area contributed by atoms with Crippen LogP contribution in [-0.4, -0.2) is 38.3 Å². The third-order valence-electron chi connectivity index (χ3n) is 3.76. The number of halogens is 1. The predicted octanol–water partition coefficient (Wildman–Crippen LogP) is 3.37. The van der Waals surface area contributed by atoms with E-state index in [0.717, 1.165) is 9.26 Å². The van der Waals surface area contributed by atoms with Crippen molar-refractivity contribution >= 4 is 49.9 Å². The van der Waals surface area contributed by atoms with Gasteiger partial charge in [-0.05, 0) is 65.1 Å². The SMILES string of the molecule is CCN(CC)S(=O)(=O)c1cccc(NC(=O)CNc2ccc(I)cc2)c1. The topological polar surface area (TPSA) is 78.5 Å². The lowest BCUT2D eigenvalue weighted by atomic mass is 10.3. The summed E-state index contributed by atoms with van der Waals surface area (Å²) in [6.07, 6.45) is 0. The van der Waals surface area contributed by atoms with Crippen LogP contribution in [0.5, 0.6) is 0 Å². The van der Waals surface area contributed by atoms with Crippen molar-refractivity contribution in [3.05, 3.63) is 52.1 Å². The molecule has 2 aromatic rings. The van der Waals surface area contributed by atoms with Crippen LogP contribution in [-0.2, 0) is 14.8 Å². The van der Waals surface area contributed by atoms with Crippen LogP contribution in [0, 0.1) is 3.57 Å². The van der Waals surface area contributed by atoms with Crippen molar-refractivity contribution in [3.8, 4) is 0 Å². The first-order chi connectivity index (χ1) is 12.4. The Morgan fingerprint density at radius 3 is 2.31 bits per heavy atom. The van der Waals surface area contributed by atoms with E-state index in [-0.39, 0.29) is 17.3 Å². The molecular weight excluding hydrogens is 465 g/mol. The van der Waals surface area contributed by atoms with Gasteiger partial charge in [0.1, 0.15) is 0 Å². The molecule has 2 aromatic carbocycles. The lowest BCUT2D eigenvalue weighted by Crippen LogP contribution is -2.30. The molecule has 0 aromatic heterocycles. The molecule has 0 aliphatic carbocycles. The second-order valence-corrected chi connectivity index (χ2v) is 8.71. The summed E-state index contributed by atoms with van der Waals surface area (Å²) in [5.41, 5.74) is 1.30. The third kappa shape index (κ3) is 5.42. The number of nitrogens with zero attached hydrogens (tertiary/aromatic N) is 1. The van der Waals surface area contributed by atoms with Gasteiger partial charge in [0.05, 0.1) is 11.4 Å². The fourth-order valence-corrected chi connectivity index (χ4v) is 4.27. The summed E-state index contributed by atoms with van der Waals surface area (Å²) < 4.78 is 27.6. The summed E-state index contributed by atoms with van der Waals surface area (Å²) in [5.74, 6) is -0.249. The molecule has 0 unspecified atom stereocenters. The molecular formula is C18H22IN3O3S. The minimum absolute atomic E-state index is 0.0909. The fraction of sp³-hybridized carbons (Fsp3) is 0.278. The van der Waals surface area contributed by atoms with Gasteiger partial charge in [0.25, 0.3) is 0 Å². The Bertz CT molecular complexity index is 850. The third-order valence-corrected chi connectivity index (χ3v) is 6.52. The maximum absolute atomic E-state index is 12.6. The molecule has 26 heavy (non-hydrogen) atoms. The van der Waals surface area contributed by atoms with Crippen molar-refractivity contribution in [3.63, 3.8) is 0 Å². The first-order valence-electron chi connectivity index (χ1n) is 8.26. The van der Waals surface area contributed by atoms with Gasteiger partial charge in [-0.3, -0.25) is 4.79 Å². The highest BCUT2D eigenvalue weighted by atomic mass is 127. The molecule has 0 saturated carbocycles. The standard InChI is InChI=1S/C18H22IN3O3S/c1-3-22(4-2)26(24,25)17-7-5-6-16(12-17)21-18(23)13-20-15-10-8-14(19)9-11-15/h5-12,20H,3-4,13H2,1-2H3,(H,21,23). The molecule has 2 N–H and O–H groups in total. The first-order valence-corrected chi connectivity index (χ1v) is 10.8. The van der Waals surface area contributed by atoms with Gasteiger partial charge in [0.2, 0.25) is 15.9 Å². The van der Waals surface area contributed by atoms with E-state index in [1.807, 2.05) is 24.3 Å². The maximum Gasteiger partial charge on any atom is 0.243 e. The molecule has 6 nitrogen and oxygen atoms in total. The number of sulfonamides is 1. The Hall–Kier alpha value is -1.65. The minimum atomic E-state index is -3.55. The molecule has 0 spiro atoms. The average molecular weight is 487 g/mol. The monoisotopic (exact) mass is 487 g/mol. The number of rotatable bonds is 8. The van der Waals surface area contributed by atoms with Gasteiger partial charge in [-0.2, -0.15) is 4.31 Å². The summed E-state index contributed by atoms with van der Waals surface area (Å²) in [4.78, 5) is 12.3. The molecule has 0 fully saturated rings. The van der Waals surface area contributed by atoms with E-state index in [1.165, 1.54) is 16.4 Å². The van der Waals surface area contributed by atoms with Crippen molar-refractivity contribution in [2.24, 2.45) is 0 Å².